The molecular formula is C20H20ClN3O3. The van der Waals surface area contributed by atoms with E-state index in [1.165, 1.54) is 0 Å². The minimum atomic E-state index is -0.123. The van der Waals surface area contributed by atoms with Crippen molar-refractivity contribution in [2.24, 2.45) is 0 Å². The van der Waals surface area contributed by atoms with Gasteiger partial charge >= 0.3 is 0 Å². The summed E-state index contributed by atoms with van der Waals surface area (Å²) in [5, 5.41) is 1.15. The van der Waals surface area contributed by atoms with Crippen LogP contribution in [0.4, 0.5) is 0 Å². The van der Waals surface area contributed by atoms with Gasteiger partial charge in [0.25, 0.3) is 5.56 Å². The number of aromatic nitrogens is 2. The SMILES string of the molecule is CN(Cc1cc(Cl)c2c(c1)OCCCO2)Cc1nc2ccccc2c(=O)[nH]1. The van der Waals surface area contributed by atoms with Gasteiger partial charge in [-0.3, -0.25) is 9.69 Å². The van der Waals surface area contributed by atoms with E-state index < -0.39 is 0 Å². The van der Waals surface area contributed by atoms with E-state index in [2.05, 4.69) is 14.9 Å². The van der Waals surface area contributed by atoms with Gasteiger partial charge in [-0.05, 0) is 36.9 Å². The fourth-order valence-corrected chi connectivity index (χ4v) is 3.50. The first-order valence-electron chi connectivity index (χ1n) is 8.84. The Balaban J connectivity index is 1.53. The van der Waals surface area contributed by atoms with Gasteiger partial charge < -0.3 is 14.5 Å². The number of nitrogens with one attached hydrogen (secondary N) is 1. The Morgan fingerprint density at radius 3 is 2.89 bits per heavy atom. The average molecular weight is 386 g/mol. The van der Waals surface area contributed by atoms with Crippen molar-refractivity contribution in [2.75, 3.05) is 20.3 Å². The molecule has 1 aliphatic rings. The minimum Gasteiger partial charge on any atom is -0.489 e. The molecular weight excluding hydrogens is 366 g/mol. The molecule has 2 aromatic carbocycles. The molecule has 2 heterocycles. The van der Waals surface area contributed by atoms with Crippen LogP contribution in [0.3, 0.4) is 0 Å². The lowest BCUT2D eigenvalue weighted by Crippen LogP contribution is -2.22. The highest BCUT2D eigenvalue weighted by Gasteiger charge is 2.16. The summed E-state index contributed by atoms with van der Waals surface area (Å²) in [7, 11) is 1.96. The summed E-state index contributed by atoms with van der Waals surface area (Å²) in [4.78, 5) is 21.7. The second kappa shape index (κ2) is 7.58. The van der Waals surface area contributed by atoms with Crippen LogP contribution in [-0.2, 0) is 13.1 Å². The van der Waals surface area contributed by atoms with Crippen molar-refractivity contribution in [3.63, 3.8) is 0 Å². The van der Waals surface area contributed by atoms with Gasteiger partial charge in [0.2, 0.25) is 0 Å². The maximum absolute atomic E-state index is 12.2. The molecule has 7 heteroatoms. The fraction of sp³-hybridized carbons (Fsp3) is 0.300. The second-order valence-electron chi connectivity index (χ2n) is 6.66. The number of benzene rings is 2. The molecule has 0 fully saturated rings. The predicted octanol–water partition coefficient (Wildman–Crippen LogP) is 3.37. The van der Waals surface area contributed by atoms with E-state index in [0.717, 1.165) is 12.0 Å². The number of nitrogens with zero attached hydrogens (tertiary/aromatic N) is 2. The molecule has 3 aromatic rings. The van der Waals surface area contributed by atoms with Crippen molar-refractivity contribution in [3.05, 3.63) is 63.2 Å². The van der Waals surface area contributed by atoms with Crippen molar-refractivity contribution in [3.8, 4) is 11.5 Å². The molecule has 140 valence electrons. The third kappa shape index (κ3) is 3.91. The van der Waals surface area contributed by atoms with Crippen LogP contribution in [0.2, 0.25) is 5.02 Å². The van der Waals surface area contributed by atoms with Gasteiger partial charge in [-0.15, -0.1) is 0 Å². The van der Waals surface area contributed by atoms with Gasteiger partial charge in [0.1, 0.15) is 5.82 Å². The van der Waals surface area contributed by atoms with Gasteiger partial charge in [0.05, 0.1) is 35.7 Å². The zero-order valence-electron chi connectivity index (χ0n) is 15.0. The molecule has 0 spiro atoms. The molecule has 1 aliphatic heterocycles. The highest BCUT2D eigenvalue weighted by atomic mass is 35.5. The summed E-state index contributed by atoms with van der Waals surface area (Å²) < 4.78 is 11.4. The molecule has 0 atom stereocenters. The Labute approximate surface area is 161 Å². The molecule has 0 unspecified atom stereocenters. The minimum absolute atomic E-state index is 0.123. The number of ether oxygens (including phenoxy) is 2. The van der Waals surface area contributed by atoms with E-state index in [1.807, 2.05) is 37.4 Å². The standard InChI is InChI=1S/C20H20ClN3O3/c1-24(12-18-22-16-6-3-2-5-14(16)20(25)23-18)11-13-9-15(21)19-17(10-13)26-7-4-8-27-19/h2-3,5-6,9-10H,4,7-8,11-12H2,1H3,(H,22,23,25). The molecule has 6 nitrogen and oxygen atoms in total. The Morgan fingerprint density at radius 1 is 1.19 bits per heavy atom. The average Bonchev–Trinajstić information content (AvgIpc) is 2.87. The maximum atomic E-state index is 12.2. The lowest BCUT2D eigenvalue weighted by molar-refractivity contribution is 0.296. The first-order chi connectivity index (χ1) is 13.1. The summed E-state index contributed by atoms with van der Waals surface area (Å²) in [6.07, 6.45) is 0.835. The van der Waals surface area contributed by atoms with Crippen molar-refractivity contribution in [1.82, 2.24) is 14.9 Å². The molecule has 1 N–H and O–H groups in total. The van der Waals surface area contributed by atoms with Crippen LogP contribution in [0.15, 0.2) is 41.2 Å². The Morgan fingerprint density at radius 2 is 2.00 bits per heavy atom. The van der Waals surface area contributed by atoms with Crippen LogP contribution in [-0.4, -0.2) is 35.1 Å². The zero-order valence-corrected chi connectivity index (χ0v) is 15.8. The van der Waals surface area contributed by atoms with Gasteiger partial charge in [-0.25, -0.2) is 4.98 Å². The van der Waals surface area contributed by atoms with Gasteiger partial charge in [0, 0.05) is 13.0 Å². The molecule has 0 amide bonds. The van der Waals surface area contributed by atoms with Gasteiger partial charge in [-0.2, -0.15) is 0 Å². The van der Waals surface area contributed by atoms with E-state index in [1.54, 1.807) is 6.07 Å². The third-order valence-electron chi connectivity index (χ3n) is 4.40. The molecule has 27 heavy (non-hydrogen) atoms. The fourth-order valence-electron chi connectivity index (χ4n) is 3.21. The maximum Gasteiger partial charge on any atom is 0.258 e. The highest BCUT2D eigenvalue weighted by molar-refractivity contribution is 6.32. The van der Waals surface area contributed by atoms with Crippen LogP contribution in [0.25, 0.3) is 10.9 Å². The van der Waals surface area contributed by atoms with Gasteiger partial charge in [0.15, 0.2) is 11.5 Å². The van der Waals surface area contributed by atoms with E-state index >= 15 is 0 Å². The molecule has 1 aromatic heterocycles. The summed E-state index contributed by atoms with van der Waals surface area (Å²) in [5.41, 5.74) is 1.58. The van der Waals surface area contributed by atoms with E-state index in [0.29, 0.717) is 59.6 Å². The lowest BCUT2D eigenvalue weighted by atomic mass is 10.2. The van der Waals surface area contributed by atoms with Crippen molar-refractivity contribution < 1.29 is 9.47 Å². The smallest absolute Gasteiger partial charge is 0.258 e. The number of aromatic amines is 1. The third-order valence-corrected chi connectivity index (χ3v) is 4.68. The number of hydrogen-bond donors (Lipinski definition) is 1. The van der Waals surface area contributed by atoms with Crippen LogP contribution in [0.1, 0.15) is 17.8 Å². The number of halogens is 1. The molecule has 0 saturated carbocycles. The Hall–Kier alpha value is -2.57. The number of para-hydroxylation sites is 1. The van der Waals surface area contributed by atoms with E-state index in [4.69, 9.17) is 21.1 Å². The van der Waals surface area contributed by atoms with Crippen LogP contribution < -0.4 is 15.0 Å². The first-order valence-corrected chi connectivity index (χ1v) is 9.22. The summed E-state index contributed by atoms with van der Waals surface area (Å²) in [6.45, 7) is 2.36. The highest BCUT2D eigenvalue weighted by Crippen LogP contribution is 2.38. The Kier molecular flexibility index (Phi) is 5.01. The lowest BCUT2D eigenvalue weighted by Gasteiger charge is -2.18. The van der Waals surface area contributed by atoms with Crippen LogP contribution in [0, 0.1) is 0 Å². The quantitative estimate of drug-likeness (QED) is 0.745. The molecule has 0 radical (unpaired) electrons. The number of fused-ring (bicyclic) bond motifs is 2. The predicted molar refractivity (Wildman–Crippen MR) is 105 cm³/mol. The van der Waals surface area contributed by atoms with Crippen molar-refractivity contribution in [2.45, 2.75) is 19.5 Å². The normalized spacial score (nSPS) is 13.7. The summed E-state index contributed by atoms with van der Waals surface area (Å²) in [6, 6.07) is 11.2. The topological polar surface area (TPSA) is 67.5 Å². The number of rotatable bonds is 4. The summed E-state index contributed by atoms with van der Waals surface area (Å²) >= 11 is 6.37. The van der Waals surface area contributed by atoms with E-state index in [-0.39, 0.29) is 5.56 Å². The van der Waals surface area contributed by atoms with E-state index in [9.17, 15) is 4.79 Å². The van der Waals surface area contributed by atoms with Crippen molar-refractivity contribution >= 4 is 22.5 Å². The molecule has 0 aliphatic carbocycles. The molecule has 0 saturated heterocycles. The molecule has 4 rings (SSSR count). The number of H-pyrrole nitrogens is 1. The summed E-state index contributed by atoms with van der Waals surface area (Å²) in [5.74, 6) is 1.92. The van der Waals surface area contributed by atoms with Crippen molar-refractivity contribution in [1.29, 1.82) is 0 Å². The van der Waals surface area contributed by atoms with Crippen LogP contribution >= 0.6 is 11.6 Å². The number of hydrogen-bond acceptors (Lipinski definition) is 5. The first kappa shape index (κ1) is 17.8. The monoisotopic (exact) mass is 385 g/mol. The Bertz CT molecular complexity index is 1030. The largest absolute Gasteiger partial charge is 0.489 e. The zero-order chi connectivity index (χ0) is 18.8. The molecule has 0 bridgehead atoms. The van der Waals surface area contributed by atoms with Crippen LogP contribution in [0.5, 0.6) is 11.5 Å². The second-order valence-corrected chi connectivity index (χ2v) is 7.06. The van der Waals surface area contributed by atoms with Gasteiger partial charge in [-0.1, -0.05) is 23.7 Å².